The van der Waals surface area contributed by atoms with Gasteiger partial charge in [0.05, 0.1) is 49.7 Å². The normalized spacial score (nSPS) is 20.7. The van der Waals surface area contributed by atoms with Gasteiger partial charge in [-0.15, -0.1) is 0 Å². The number of carbonyl (C=O) groups excluding carboxylic acids is 1. The molecule has 5 rings (SSSR count). The highest BCUT2D eigenvalue weighted by atomic mass is 28.4. The highest BCUT2D eigenvalue weighted by molar-refractivity contribution is 6.74. The third-order valence-electron chi connectivity index (χ3n) is 10.2. The van der Waals surface area contributed by atoms with Crippen molar-refractivity contribution in [1.29, 1.82) is 0 Å². The molecule has 0 radical (unpaired) electrons. The van der Waals surface area contributed by atoms with Gasteiger partial charge in [0.25, 0.3) is 11.5 Å². The van der Waals surface area contributed by atoms with Crippen molar-refractivity contribution in [2.75, 3.05) is 38.3 Å². The Morgan fingerprint density at radius 3 is 2.29 bits per heavy atom. The van der Waals surface area contributed by atoms with Gasteiger partial charge < -0.3 is 28.4 Å². The number of methoxy groups -OCH3 is 1. The number of anilines is 1. The molecular formula is C36H49F3N6O6Si. The molecule has 0 N–H and O–H groups in total. The number of carbonyl (C=O) groups is 1. The summed E-state index contributed by atoms with van der Waals surface area (Å²) >= 11 is 0. The summed E-state index contributed by atoms with van der Waals surface area (Å²) in [6.07, 6.45) is -1.96. The van der Waals surface area contributed by atoms with E-state index in [0.717, 1.165) is 23.7 Å². The molecule has 3 unspecified atom stereocenters. The Balaban J connectivity index is 1.21. The Bertz CT molecular complexity index is 1750. The molecule has 0 aliphatic carbocycles. The number of nitrogens with zero attached hydrogens (tertiary/aromatic N) is 6. The SMILES string of the molecule is COc1ccc(Cn2ncc(O[C@@H](C)COC3CCN(C4CCN(c5ncc(C(F)(F)F)cn5)CC4O[Si](C)(C)C(C)(C)C)C3=O)c(C)c2=O)cc1. The van der Waals surface area contributed by atoms with Crippen molar-refractivity contribution < 1.29 is 36.6 Å². The summed E-state index contributed by atoms with van der Waals surface area (Å²) in [5.41, 5.74) is 0.137. The average molecular weight is 747 g/mol. The summed E-state index contributed by atoms with van der Waals surface area (Å²) in [6, 6.07) is 7.15. The third kappa shape index (κ3) is 8.94. The van der Waals surface area contributed by atoms with Crippen LogP contribution in [0.15, 0.2) is 47.7 Å². The highest BCUT2D eigenvalue weighted by Crippen LogP contribution is 2.39. The summed E-state index contributed by atoms with van der Waals surface area (Å²) in [6.45, 7) is 15.8. The largest absolute Gasteiger partial charge is 0.497 e. The zero-order valence-corrected chi connectivity index (χ0v) is 32.1. The Labute approximate surface area is 303 Å². The second kappa shape index (κ2) is 15.5. The van der Waals surface area contributed by atoms with E-state index in [-0.39, 0.29) is 35.1 Å². The molecule has 12 nitrogen and oxygen atoms in total. The van der Waals surface area contributed by atoms with Crippen molar-refractivity contribution in [3.05, 3.63) is 69.9 Å². The van der Waals surface area contributed by atoms with Gasteiger partial charge in [-0.2, -0.15) is 18.3 Å². The smallest absolute Gasteiger partial charge is 0.419 e. The fraction of sp³-hybridized carbons (Fsp3) is 0.583. The van der Waals surface area contributed by atoms with Crippen molar-refractivity contribution >= 4 is 20.2 Å². The molecule has 16 heteroatoms. The average Bonchev–Trinajstić information content (AvgIpc) is 3.45. The molecule has 2 aromatic heterocycles. The van der Waals surface area contributed by atoms with E-state index in [2.05, 4.69) is 48.9 Å². The molecule has 3 aromatic rings. The summed E-state index contributed by atoms with van der Waals surface area (Å²) in [5, 5.41) is 4.19. The van der Waals surface area contributed by atoms with Gasteiger partial charge in [-0.25, -0.2) is 14.6 Å². The first-order valence-corrected chi connectivity index (χ1v) is 20.4. The Kier molecular flexibility index (Phi) is 11.7. The Morgan fingerprint density at radius 1 is 1.00 bits per heavy atom. The molecule has 0 saturated carbocycles. The van der Waals surface area contributed by atoms with Crippen LogP contribution in [0.2, 0.25) is 18.1 Å². The van der Waals surface area contributed by atoms with Gasteiger partial charge in [0, 0.05) is 38.4 Å². The van der Waals surface area contributed by atoms with E-state index in [1.807, 2.05) is 41.0 Å². The van der Waals surface area contributed by atoms with E-state index in [0.29, 0.717) is 50.3 Å². The second-order valence-corrected chi connectivity index (χ2v) is 19.8. The fourth-order valence-corrected chi connectivity index (χ4v) is 7.45. The Hall–Kier alpha value is -4.02. The minimum absolute atomic E-state index is 0.113. The van der Waals surface area contributed by atoms with Crippen LogP contribution >= 0.6 is 0 Å². The van der Waals surface area contributed by atoms with E-state index < -0.39 is 38.4 Å². The van der Waals surface area contributed by atoms with Crippen molar-refractivity contribution in [1.82, 2.24) is 24.6 Å². The number of hydrogen-bond donors (Lipinski definition) is 0. The second-order valence-electron chi connectivity index (χ2n) is 15.0. The monoisotopic (exact) mass is 746 g/mol. The van der Waals surface area contributed by atoms with Crippen LogP contribution in [0.25, 0.3) is 0 Å². The van der Waals surface area contributed by atoms with Gasteiger partial charge in [0.15, 0.2) is 8.32 Å². The zero-order valence-electron chi connectivity index (χ0n) is 31.1. The van der Waals surface area contributed by atoms with Crippen molar-refractivity contribution in [3.8, 4) is 11.5 Å². The van der Waals surface area contributed by atoms with Crippen LogP contribution in [0.1, 0.15) is 57.2 Å². The van der Waals surface area contributed by atoms with Crippen LogP contribution in [0.3, 0.4) is 0 Å². The number of hydrogen-bond acceptors (Lipinski definition) is 10. The number of piperidine rings is 1. The van der Waals surface area contributed by atoms with Crippen LogP contribution in [0.5, 0.6) is 11.5 Å². The number of halogens is 3. The number of benzene rings is 1. The molecule has 1 aromatic carbocycles. The predicted octanol–water partition coefficient (Wildman–Crippen LogP) is 5.47. The van der Waals surface area contributed by atoms with Crippen LogP contribution in [0, 0.1) is 6.92 Å². The predicted molar refractivity (Wildman–Crippen MR) is 191 cm³/mol. The lowest BCUT2D eigenvalue weighted by Gasteiger charge is -2.47. The van der Waals surface area contributed by atoms with Crippen molar-refractivity contribution in [2.45, 2.75) is 103 Å². The molecule has 0 spiro atoms. The van der Waals surface area contributed by atoms with E-state index in [9.17, 15) is 22.8 Å². The topological polar surface area (TPSA) is 121 Å². The number of ether oxygens (including phenoxy) is 3. The van der Waals surface area contributed by atoms with Crippen LogP contribution < -0.4 is 19.9 Å². The molecule has 4 heterocycles. The standard InChI is InChI=1S/C36H49F3N6O6Si/c1-23(50-30-19-42-45(32(46)24(30)2)20-25-9-11-27(48-6)12-10-25)22-49-29-14-16-44(33(29)47)28-13-15-43(21-31(28)51-52(7,8)35(3,4)5)34-40-17-26(18-41-34)36(37,38)39/h9-12,17-19,23,28-29,31H,13-16,20-22H2,1-8H3/t23-,28?,29?,31?/m0/s1. The van der Waals surface area contributed by atoms with E-state index >= 15 is 0 Å². The minimum atomic E-state index is -4.53. The molecule has 52 heavy (non-hydrogen) atoms. The number of alkyl halides is 3. The van der Waals surface area contributed by atoms with E-state index in [4.69, 9.17) is 18.6 Å². The molecule has 1 amide bonds. The summed E-state index contributed by atoms with van der Waals surface area (Å²) in [5.74, 6) is 1.13. The quantitative estimate of drug-likeness (QED) is 0.221. The third-order valence-corrected chi connectivity index (χ3v) is 14.7. The molecule has 2 saturated heterocycles. The number of rotatable bonds is 12. The maximum absolute atomic E-state index is 13.8. The van der Waals surface area contributed by atoms with Gasteiger partial charge >= 0.3 is 6.18 Å². The molecule has 2 fully saturated rings. The first kappa shape index (κ1) is 39.2. The van der Waals surface area contributed by atoms with Gasteiger partial charge in [-0.1, -0.05) is 32.9 Å². The summed E-state index contributed by atoms with van der Waals surface area (Å²) in [4.78, 5) is 38.6. The maximum Gasteiger partial charge on any atom is 0.419 e. The molecule has 284 valence electrons. The highest BCUT2D eigenvalue weighted by Gasteiger charge is 2.47. The summed E-state index contributed by atoms with van der Waals surface area (Å²) in [7, 11) is -0.733. The first-order chi connectivity index (χ1) is 24.4. The summed E-state index contributed by atoms with van der Waals surface area (Å²) < 4.78 is 65.1. The molecule has 4 atom stereocenters. The number of amides is 1. The fourth-order valence-electron chi connectivity index (χ4n) is 6.11. The number of aromatic nitrogens is 4. The Morgan fingerprint density at radius 2 is 1.67 bits per heavy atom. The van der Waals surface area contributed by atoms with Crippen LogP contribution in [-0.2, 0) is 26.7 Å². The maximum atomic E-state index is 13.8. The van der Waals surface area contributed by atoms with Gasteiger partial charge in [0.1, 0.15) is 23.7 Å². The molecule has 2 aliphatic heterocycles. The number of likely N-dealkylation sites (tertiary alicyclic amines) is 1. The van der Waals surface area contributed by atoms with Gasteiger partial charge in [0.2, 0.25) is 5.95 Å². The lowest BCUT2D eigenvalue weighted by molar-refractivity contribution is -0.142. The van der Waals surface area contributed by atoms with Gasteiger partial charge in [-0.3, -0.25) is 9.59 Å². The van der Waals surface area contributed by atoms with Crippen molar-refractivity contribution in [2.24, 2.45) is 0 Å². The van der Waals surface area contributed by atoms with Gasteiger partial charge in [-0.05, 0) is 56.1 Å². The van der Waals surface area contributed by atoms with E-state index in [1.54, 1.807) is 14.0 Å². The molecule has 0 bridgehead atoms. The zero-order chi connectivity index (χ0) is 38.0. The minimum Gasteiger partial charge on any atom is -0.497 e. The lowest BCUT2D eigenvalue weighted by atomic mass is 10.0. The van der Waals surface area contributed by atoms with Crippen LogP contribution in [0.4, 0.5) is 19.1 Å². The van der Waals surface area contributed by atoms with Crippen molar-refractivity contribution in [3.63, 3.8) is 0 Å². The van der Waals surface area contributed by atoms with Crippen LogP contribution in [-0.4, -0.2) is 96.6 Å². The lowest BCUT2D eigenvalue weighted by Crippen LogP contribution is -2.60. The van der Waals surface area contributed by atoms with E-state index in [1.165, 1.54) is 10.9 Å². The first-order valence-electron chi connectivity index (χ1n) is 17.5. The molecule has 2 aliphatic rings. The molecular weight excluding hydrogens is 698 g/mol.